The van der Waals surface area contributed by atoms with Crippen LogP contribution in [0.5, 0.6) is 0 Å². The zero-order valence-corrected chi connectivity index (χ0v) is 13.8. The van der Waals surface area contributed by atoms with E-state index < -0.39 is 0 Å². The summed E-state index contributed by atoms with van der Waals surface area (Å²) in [6.07, 6.45) is 2.14. The molecule has 24 heavy (non-hydrogen) atoms. The molecule has 0 saturated heterocycles. The second-order valence-electron chi connectivity index (χ2n) is 6.08. The van der Waals surface area contributed by atoms with Gasteiger partial charge in [-0.3, -0.25) is 0 Å². The summed E-state index contributed by atoms with van der Waals surface area (Å²) in [4.78, 5) is 2.32. The SMILES string of the molecule is CN(Cc1ccccc1)c1cc(-c2ccccc2)n2ccccc12. The minimum absolute atomic E-state index is 0.892. The van der Waals surface area contributed by atoms with Gasteiger partial charge in [-0.15, -0.1) is 0 Å². The van der Waals surface area contributed by atoms with Crippen LogP contribution in [0.1, 0.15) is 5.56 Å². The Morgan fingerprint density at radius 1 is 0.792 bits per heavy atom. The van der Waals surface area contributed by atoms with E-state index in [4.69, 9.17) is 0 Å². The van der Waals surface area contributed by atoms with Gasteiger partial charge in [-0.05, 0) is 29.3 Å². The second kappa shape index (κ2) is 6.25. The Balaban J connectivity index is 1.79. The maximum Gasteiger partial charge on any atom is 0.0690 e. The molecule has 0 aliphatic rings. The van der Waals surface area contributed by atoms with Gasteiger partial charge in [0.2, 0.25) is 0 Å². The molecule has 0 unspecified atom stereocenters. The highest BCUT2D eigenvalue weighted by Gasteiger charge is 2.13. The Kier molecular flexibility index (Phi) is 3.80. The van der Waals surface area contributed by atoms with Crippen LogP contribution in [0.15, 0.2) is 91.1 Å². The predicted molar refractivity (Wildman–Crippen MR) is 101 cm³/mol. The first-order chi connectivity index (χ1) is 11.8. The molecule has 0 spiro atoms. The van der Waals surface area contributed by atoms with Crippen molar-refractivity contribution in [2.24, 2.45) is 0 Å². The average molecular weight is 312 g/mol. The zero-order valence-electron chi connectivity index (χ0n) is 13.8. The molecule has 2 heterocycles. The molecule has 0 fully saturated rings. The molecule has 0 N–H and O–H groups in total. The topological polar surface area (TPSA) is 7.65 Å². The van der Waals surface area contributed by atoms with Crippen molar-refractivity contribution in [3.63, 3.8) is 0 Å². The number of hydrogen-bond acceptors (Lipinski definition) is 1. The molecule has 2 aromatic carbocycles. The Hall–Kier alpha value is -3.00. The lowest BCUT2D eigenvalue weighted by Gasteiger charge is -2.18. The van der Waals surface area contributed by atoms with Crippen molar-refractivity contribution in [3.8, 4) is 11.3 Å². The summed E-state index contributed by atoms with van der Waals surface area (Å²) in [6.45, 7) is 0.892. The van der Waals surface area contributed by atoms with Crippen molar-refractivity contribution < 1.29 is 0 Å². The van der Waals surface area contributed by atoms with Gasteiger partial charge in [0.15, 0.2) is 0 Å². The molecule has 0 aliphatic heterocycles. The van der Waals surface area contributed by atoms with E-state index in [9.17, 15) is 0 Å². The van der Waals surface area contributed by atoms with Crippen LogP contribution in [0, 0.1) is 0 Å². The van der Waals surface area contributed by atoms with Crippen LogP contribution in [0.3, 0.4) is 0 Å². The van der Waals surface area contributed by atoms with E-state index in [1.54, 1.807) is 0 Å². The fourth-order valence-corrected chi connectivity index (χ4v) is 3.21. The van der Waals surface area contributed by atoms with Gasteiger partial charge in [-0.1, -0.05) is 66.7 Å². The molecular weight excluding hydrogens is 292 g/mol. The molecule has 4 aromatic rings. The number of hydrogen-bond donors (Lipinski definition) is 0. The smallest absolute Gasteiger partial charge is 0.0690 e. The van der Waals surface area contributed by atoms with Crippen LogP contribution >= 0.6 is 0 Å². The zero-order chi connectivity index (χ0) is 16.4. The normalized spacial score (nSPS) is 10.9. The number of benzene rings is 2. The Labute approximate surface area is 142 Å². The maximum atomic E-state index is 2.32. The fraction of sp³-hybridized carbons (Fsp3) is 0.0909. The van der Waals surface area contributed by atoms with E-state index in [1.165, 1.54) is 28.0 Å². The molecule has 0 atom stereocenters. The second-order valence-corrected chi connectivity index (χ2v) is 6.08. The number of rotatable bonds is 4. The molecule has 0 bridgehead atoms. The first kappa shape index (κ1) is 14.6. The molecule has 2 nitrogen and oxygen atoms in total. The third kappa shape index (κ3) is 2.67. The molecule has 0 radical (unpaired) electrons. The molecule has 118 valence electrons. The molecule has 0 aliphatic carbocycles. The first-order valence-corrected chi connectivity index (χ1v) is 8.23. The van der Waals surface area contributed by atoms with E-state index in [-0.39, 0.29) is 0 Å². The standard InChI is InChI=1S/C22H20N2/c1-23(17-18-10-4-2-5-11-18)22-16-21(19-12-6-3-7-13-19)24-15-9-8-14-20(22)24/h2-16H,17H2,1H3. The number of aromatic nitrogens is 1. The van der Waals surface area contributed by atoms with E-state index in [0.717, 1.165) is 6.54 Å². The number of nitrogens with zero attached hydrogens (tertiary/aromatic N) is 2. The summed E-state index contributed by atoms with van der Waals surface area (Å²) in [6, 6.07) is 29.8. The van der Waals surface area contributed by atoms with Gasteiger partial charge in [0, 0.05) is 19.8 Å². The highest BCUT2D eigenvalue weighted by atomic mass is 15.1. The molecule has 2 heteroatoms. The van der Waals surface area contributed by atoms with Crippen molar-refractivity contribution in [2.75, 3.05) is 11.9 Å². The van der Waals surface area contributed by atoms with Crippen molar-refractivity contribution in [1.82, 2.24) is 4.40 Å². The Morgan fingerprint density at radius 3 is 2.21 bits per heavy atom. The van der Waals surface area contributed by atoms with Crippen LogP contribution in [0.4, 0.5) is 5.69 Å². The van der Waals surface area contributed by atoms with Crippen molar-refractivity contribution in [1.29, 1.82) is 0 Å². The van der Waals surface area contributed by atoms with E-state index in [1.807, 2.05) is 0 Å². The number of anilines is 1. The lowest BCUT2D eigenvalue weighted by atomic mass is 10.1. The fourth-order valence-electron chi connectivity index (χ4n) is 3.21. The van der Waals surface area contributed by atoms with Gasteiger partial charge < -0.3 is 9.30 Å². The predicted octanol–water partition coefficient (Wildman–Crippen LogP) is 5.24. The summed E-state index contributed by atoms with van der Waals surface area (Å²) >= 11 is 0. The van der Waals surface area contributed by atoms with Crippen molar-refractivity contribution in [3.05, 3.63) is 96.7 Å². The highest BCUT2D eigenvalue weighted by molar-refractivity contribution is 5.82. The lowest BCUT2D eigenvalue weighted by Crippen LogP contribution is -2.15. The maximum absolute atomic E-state index is 2.32. The summed E-state index contributed by atoms with van der Waals surface area (Å²) in [5.41, 5.74) is 6.25. The third-order valence-corrected chi connectivity index (χ3v) is 4.40. The quantitative estimate of drug-likeness (QED) is 0.500. The monoisotopic (exact) mass is 312 g/mol. The lowest BCUT2D eigenvalue weighted by molar-refractivity contribution is 0.928. The van der Waals surface area contributed by atoms with Gasteiger partial charge in [0.05, 0.1) is 16.9 Å². The van der Waals surface area contributed by atoms with Gasteiger partial charge in [-0.2, -0.15) is 0 Å². The van der Waals surface area contributed by atoms with E-state index in [0.29, 0.717) is 0 Å². The molecule has 2 aromatic heterocycles. The van der Waals surface area contributed by atoms with E-state index >= 15 is 0 Å². The Bertz CT molecular complexity index is 940. The summed E-state index contributed by atoms with van der Waals surface area (Å²) in [5.74, 6) is 0. The number of fused-ring (bicyclic) bond motifs is 1. The van der Waals surface area contributed by atoms with Crippen LogP contribution in [-0.2, 0) is 6.54 Å². The molecule has 4 rings (SSSR count). The summed E-state index contributed by atoms with van der Waals surface area (Å²) in [5, 5.41) is 0. The van der Waals surface area contributed by atoms with Crippen LogP contribution in [0.25, 0.3) is 16.8 Å². The summed E-state index contributed by atoms with van der Waals surface area (Å²) in [7, 11) is 2.16. The van der Waals surface area contributed by atoms with Gasteiger partial charge >= 0.3 is 0 Å². The first-order valence-electron chi connectivity index (χ1n) is 8.23. The largest absolute Gasteiger partial charge is 0.369 e. The number of pyridine rings is 1. The molecular formula is C22H20N2. The minimum atomic E-state index is 0.892. The minimum Gasteiger partial charge on any atom is -0.369 e. The molecule has 0 saturated carbocycles. The van der Waals surface area contributed by atoms with Gasteiger partial charge in [-0.25, -0.2) is 0 Å². The van der Waals surface area contributed by atoms with E-state index in [2.05, 4.69) is 107 Å². The average Bonchev–Trinajstić information content (AvgIpc) is 3.03. The highest BCUT2D eigenvalue weighted by Crippen LogP contribution is 2.32. The van der Waals surface area contributed by atoms with Crippen molar-refractivity contribution >= 4 is 11.2 Å². The van der Waals surface area contributed by atoms with Gasteiger partial charge in [0.25, 0.3) is 0 Å². The van der Waals surface area contributed by atoms with Crippen LogP contribution < -0.4 is 4.90 Å². The van der Waals surface area contributed by atoms with Crippen LogP contribution in [0.2, 0.25) is 0 Å². The molecule has 0 amide bonds. The summed E-state index contributed by atoms with van der Waals surface area (Å²) < 4.78 is 2.27. The van der Waals surface area contributed by atoms with Crippen LogP contribution in [-0.4, -0.2) is 11.4 Å². The van der Waals surface area contributed by atoms with Crippen molar-refractivity contribution in [2.45, 2.75) is 6.54 Å². The third-order valence-electron chi connectivity index (χ3n) is 4.40. The van der Waals surface area contributed by atoms with Gasteiger partial charge in [0.1, 0.15) is 0 Å². The Morgan fingerprint density at radius 2 is 1.46 bits per heavy atom.